The fraction of sp³-hybridized carbons (Fsp3) is 0.409. The molecule has 2 heterocycles. The number of hydrogen-bond acceptors (Lipinski definition) is 3. The molecule has 0 aliphatic carbocycles. The minimum absolute atomic E-state index is 0.468. The number of piperidine rings is 1. The zero-order chi connectivity index (χ0) is 21.7. The molecule has 4 rings (SSSR count). The lowest BCUT2D eigenvalue weighted by atomic mass is 9.78. The Labute approximate surface area is 171 Å². The summed E-state index contributed by atoms with van der Waals surface area (Å²) < 4.78 is 54.6. The SMILES string of the molecule is CC12CC(O)(C(F)(F)C(F)F)CC(=O)N1C(c1ccccc1)C(c1ccccc1)N2. The maximum Gasteiger partial charge on any atom is 0.335 e. The number of benzene rings is 2. The molecule has 4 atom stereocenters. The molecule has 1 amide bonds. The van der Waals surface area contributed by atoms with Crippen LogP contribution < -0.4 is 5.32 Å². The summed E-state index contributed by atoms with van der Waals surface area (Å²) in [5.41, 5.74) is -2.99. The van der Waals surface area contributed by atoms with Crippen LogP contribution in [0.4, 0.5) is 17.6 Å². The molecule has 2 N–H and O–H groups in total. The highest BCUT2D eigenvalue weighted by atomic mass is 19.3. The molecular weight excluding hydrogens is 400 g/mol. The van der Waals surface area contributed by atoms with Crippen molar-refractivity contribution in [2.24, 2.45) is 0 Å². The van der Waals surface area contributed by atoms with Crippen molar-refractivity contribution in [2.75, 3.05) is 0 Å². The van der Waals surface area contributed by atoms with Gasteiger partial charge >= 0.3 is 12.3 Å². The predicted octanol–water partition coefficient (Wildman–Crippen LogP) is 4.04. The Hall–Kier alpha value is -2.45. The highest BCUT2D eigenvalue weighted by Crippen LogP contribution is 2.54. The molecular formula is C22H22F4N2O2. The van der Waals surface area contributed by atoms with Crippen LogP contribution in [-0.4, -0.2) is 39.5 Å². The number of nitrogens with zero attached hydrogens (tertiary/aromatic N) is 1. The molecule has 2 fully saturated rings. The fourth-order valence-electron chi connectivity index (χ4n) is 4.83. The number of rotatable bonds is 4. The summed E-state index contributed by atoms with van der Waals surface area (Å²) in [5.74, 6) is -5.52. The van der Waals surface area contributed by atoms with Crippen molar-refractivity contribution in [2.45, 2.75) is 55.5 Å². The van der Waals surface area contributed by atoms with Gasteiger partial charge < -0.3 is 10.0 Å². The second-order valence-electron chi connectivity index (χ2n) is 8.23. The van der Waals surface area contributed by atoms with Gasteiger partial charge in [0, 0.05) is 6.42 Å². The van der Waals surface area contributed by atoms with Gasteiger partial charge in [-0.05, 0) is 18.1 Å². The Kier molecular flexibility index (Phi) is 4.90. The zero-order valence-corrected chi connectivity index (χ0v) is 16.2. The molecule has 2 aromatic rings. The lowest BCUT2D eigenvalue weighted by Gasteiger charge is -2.50. The van der Waals surface area contributed by atoms with Gasteiger partial charge in [0.1, 0.15) is 5.60 Å². The van der Waals surface area contributed by atoms with Gasteiger partial charge in [0.15, 0.2) is 0 Å². The van der Waals surface area contributed by atoms with Crippen molar-refractivity contribution in [3.63, 3.8) is 0 Å². The highest BCUT2D eigenvalue weighted by molar-refractivity contribution is 5.81. The maximum atomic E-state index is 14.3. The molecule has 2 saturated heterocycles. The summed E-state index contributed by atoms with van der Waals surface area (Å²) in [6, 6.07) is 17.3. The molecule has 0 saturated carbocycles. The first-order chi connectivity index (χ1) is 14.1. The average molecular weight is 422 g/mol. The zero-order valence-electron chi connectivity index (χ0n) is 16.2. The van der Waals surface area contributed by atoms with E-state index in [1.165, 1.54) is 11.8 Å². The van der Waals surface area contributed by atoms with Crippen molar-refractivity contribution < 1.29 is 27.5 Å². The predicted molar refractivity (Wildman–Crippen MR) is 102 cm³/mol. The van der Waals surface area contributed by atoms with Crippen LogP contribution in [0.3, 0.4) is 0 Å². The number of hydrogen-bond donors (Lipinski definition) is 2. The van der Waals surface area contributed by atoms with Gasteiger partial charge in [-0.3, -0.25) is 10.1 Å². The molecule has 30 heavy (non-hydrogen) atoms. The van der Waals surface area contributed by atoms with Crippen LogP contribution in [0, 0.1) is 0 Å². The van der Waals surface area contributed by atoms with Crippen LogP contribution in [-0.2, 0) is 4.79 Å². The molecule has 0 bridgehead atoms. The first-order valence-corrected chi connectivity index (χ1v) is 9.67. The minimum Gasteiger partial charge on any atom is -0.383 e. The van der Waals surface area contributed by atoms with Gasteiger partial charge in [-0.2, -0.15) is 8.78 Å². The van der Waals surface area contributed by atoms with E-state index >= 15 is 0 Å². The van der Waals surface area contributed by atoms with E-state index in [-0.39, 0.29) is 0 Å². The van der Waals surface area contributed by atoms with Gasteiger partial charge in [0.2, 0.25) is 5.91 Å². The van der Waals surface area contributed by atoms with Crippen molar-refractivity contribution in [1.29, 1.82) is 0 Å². The normalized spacial score (nSPS) is 31.8. The van der Waals surface area contributed by atoms with Gasteiger partial charge in [0.05, 0.1) is 24.2 Å². The topological polar surface area (TPSA) is 52.6 Å². The molecule has 8 heteroatoms. The molecule has 0 spiro atoms. The smallest absolute Gasteiger partial charge is 0.335 e. The van der Waals surface area contributed by atoms with Crippen molar-refractivity contribution in [1.82, 2.24) is 10.2 Å². The van der Waals surface area contributed by atoms with E-state index in [0.29, 0.717) is 0 Å². The van der Waals surface area contributed by atoms with E-state index in [0.717, 1.165) is 11.1 Å². The van der Waals surface area contributed by atoms with E-state index in [4.69, 9.17) is 0 Å². The van der Waals surface area contributed by atoms with Crippen LogP contribution in [0.2, 0.25) is 0 Å². The lowest BCUT2D eigenvalue weighted by Crippen LogP contribution is -2.67. The third-order valence-electron chi connectivity index (χ3n) is 6.14. The van der Waals surface area contributed by atoms with E-state index in [1.807, 2.05) is 60.7 Å². The third-order valence-corrected chi connectivity index (χ3v) is 6.14. The van der Waals surface area contributed by atoms with Gasteiger partial charge in [-0.1, -0.05) is 60.7 Å². The van der Waals surface area contributed by atoms with Crippen molar-refractivity contribution in [3.8, 4) is 0 Å². The molecule has 0 aromatic heterocycles. The Morgan fingerprint density at radius 2 is 1.60 bits per heavy atom. The standard InChI is InChI=1S/C22H22F4N2O2/c1-20-13-21(30,22(25,26)19(23)24)12-16(29)28(20)18(15-10-6-3-7-11-15)17(27-20)14-8-4-2-5-9-14/h2-11,17-19,27,30H,12-13H2,1H3. The van der Waals surface area contributed by atoms with Crippen molar-refractivity contribution >= 4 is 5.91 Å². The second-order valence-corrected chi connectivity index (χ2v) is 8.23. The Morgan fingerprint density at radius 3 is 2.13 bits per heavy atom. The van der Waals surface area contributed by atoms with Gasteiger partial charge in [-0.25, -0.2) is 8.78 Å². The number of carbonyl (C=O) groups excluding carboxylic acids is 1. The van der Waals surface area contributed by atoms with Gasteiger partial charge in [0.25, 0.3) is 0 Å². The number of alkyl halides is 4. The maximum absolute atomic E-state index is 14.3. The van der Waals surface area contributed by atoms with Crippen LogP contribution in [0.5, 0.6) is 0 Å². The Bertz CT molecular complexity index is 927. The molecule has 2 aliphatic rings. The second kappa shape index (κ2) is 7.06. The minimum atomic E-state index is -4.72. The van der Waals surface area contributed by atoms with E-state index in [2.05, 4.69) is 5.32 Å². The first-order valence-electron chi connectivity index (χ1n) is 9.67. The molecule has 160 valence electrons. The van der Waals surface area contributed by atoms with E-state index in [9.17, 15) is 27.5 Å². The summed E-state index contributed by atoms with van der Waals surface area (Å²) in [5, 5.41) is 13.7. The van der Waals surface area contributed by atoms with Crippen LogP contribution in [0.1, 0.15) is 43.0 Å². The van der Waals surface area contributed by atoms with Crippen LogP contribution in [0.25, 0.3) is 0 Å². The van der Waals surface area contributed by atoms with Crippen LogP contribution >= 0.6 is 0 Å². The van der Waals surface area contributed by atoms with E-state index < -0.39 is 54.4 Å². The molecule has 0 radical (unpaired) electrons. The van der Waals surface area contributed by atoms with Crippen LogP contribution in [0.15, 0.2) is 60.7 Å². The summed E-state index contributed by atoms with van der Waals surface area (Å²) in [7, 11) is 0. The number of halogens is 4. The number of aliphatic hydroxyl groups is 1. The fourth-order valence-corrected chi connectivity index (χ4v) is 4.83. The molecule has 4 nitrogen and oxygen atoms in total. The Morgan fingerprint density at radius 1 is 1.07 bits per heavy atom. The average Bonchev–Trinajstić information content (AvgIpc) is 3.02. The number of carbonyl (C=O) groups is 1. The van der Waals surface area contributed by atoms with Gasteiger partial charge in [-0.15, -0.1) is 0 Å². The largest absolute Gasteiger partial charge is 0.383 e. The molecule has 2 aliphatic heterocycles. The quantitative estimate of drug-likeness (QED) is 0.732. The summed E-state index contributed by atoms with van der Waals surface area (Å²) >= 11 is 0. The first kappa shape index (κ1) is 20.8. The Balaban J connectivity index is 1.81. The third kappa shape index (κ3) is 3.09. The number of nitrogens with one attached hydrogen (secondary N) is 1. The molecule has 2 aromatic carbocycles. The highest BCUT2D eigenvalue weighted by Gasteiger charge is 2.68. The number of fused-ring (bicyclic) bond motifs is 1. The molecule has 4 unspecified atom stereocenters. The number of amides is 1. The van der Waals surface area contributed by atoms with Crippen molar-refractivity contribution in [3.05, 3.63) is 71.8 Å². The monoisotopic (exact) mass is 422 g/mol. The summed E-state index contributed by atoms with van der Waals surface area (Å²) in [4.78, 5) is 14.5. The lowest BCUT2D eigenvalue weighted by molar-refractivity contribution is -0.263. The summed E-state index contributed by atoms with van der Waals surface area (Å²) in [6.45, 7) is 1.50. The summed E-state index contributed by atoms with van der Waals surface area (Å²) in [6.07, 6.45) is -5.89. The van der Waals surface area contributed by atoms with E-state index in [1.54, 1.807) is 0 Å².